The molecular formula is C12H16N2O4. The molecule has 0 radical (unpaired) electrons. The summed E-state index contributed by atoms with van der Waals surface area (Å²) in [5.41, 5.74) is 5.32. The van der Waals surface area contributed by atoms with Crippen LogP contribution in [0.15, 0.2) is 12.1 Å². The number of nitrogen functional groups attached to an aromatic ring is 1. The number of carbonyl (C=O) groups excluding carboxylic acids is 1. The molecule has 6 heteroatoms. The second-order valence-electron chi connectivity index (χ2n) is 4.98. The smallest absolute Gasteiger partial charge is 0.339 e. The minimum absolute atomic E-state index is 0.0322. The van der Waals surface area contributed by atoms with Gasteiger partial charge in [0.15, 0.2) is 0 Å². The molecule has 0 aromatic heterocycles. The highest BCUT2D eigenvalue weighted by Gasteiger charge is 2.23. The molecule has 0 atom stereocenters. The Balaban J connectivity index is 3.21. The molecule has 0 aliphatic rings. The van der Waals surface area contributed by atoms with E-state index in [4.69, 9.17) is 10.5 Å². The van der Waals surface area contributed by atoms with E-state index in [1.54, 1.807) is 27.7 Å². The van der Waals surface area contributed by atoms with E-state index in [2.05, 4.69) is 0 Å². The average molecular weight is 252 g/mol. The molecule has 0 saturated carbocycles. The zero-order chi connectivity index (χ0) is 14.1. The van der Waals surface area contributed by atoms with Crippen molar-refractivity contribution in [2.24, 2.45) is 0 Å². The quantitative estimate of drug-likeness (QED) is 0.377. The van der Waals surface area contributed by atoms with Crippen LogP contribution >= 0.6 is 0 Å². The summed E-state index contributed by atoms with van der Waals surface area (Å²) in [7, 11) is 0. The number of nitrogens with two attached hydrogens (primary N) is 1. The number of nitro groups is 1. The number of aryl methyl sites for hydroxylation is 1. The van der Waals surface area contributed by atoms with Gasteiger partial charge in [-0.15, -0.1) is 0 Å². The molecule has 98 valence electrons. The second-order valence-corrected chi connectivity index (χ2v) is 4.98. The highest BCUT2D eigenvalue weighted by molar-refractivity contribution is 5.93. The van der Waals surface area contributed by atoms with Gasteiger partial charge < -0.3 is 10.5 Å². The van der Waals surface area contributed by atoms with E-state index < -0.39 is 16.5 Å². The van der Waals surface area contributed by atoms with Crippen LogP contribution in [0.4, 0.5) is 11.4 Å². The van der Waals surface area contributed by atoms with Crippen LogP contribution in [0.3, 0.4) is 0 Å². The van der Waals surface area contributed by atoms with Gasteiger partial charge in [-0.1, -0.05) is 0 Å². The number of esters is 1. The number of rotatable bonds is 2. The Bertz CT molecular complexity index is 504. The molecule has 0 saturated heterocycles. The van der Waals surface area contributed by atoms with Crippen molar-refractivity contribution >= 4 is 17.3 Å². The van der Waals surface area contributed by atoms with Crippen molar-refractivity contribution in [2.75, 3.05) is 5.73 Å². The van der Waals surface area contributed by atoms with Gasteiger partial charge in [0.05, 0.1) is 10.5 Å². The molecular weight excluding hydrogens is 236 g/mol. The van der Waals surface area contributed by atoms with E-state index >= 15 is 0 Å². The molecule has 18 heavy (non-hydrogen) atoms. The molecule has 0 spiro atoms. The third-order valence-electron chi connectivity index (χ3n) is 2.19. The predicted octanol–water partition coefficient (Wildman–Crippen LogP) is 2.44. The number of anilines is 1. The van der Waals surface area contributed by atoms with E-state index in [9.17, 15) is 14.9 Å². The Hall–Kier alpha value is -2.11. The lowest BCUT2D eigenvalue weighted by Crippen LogP contribution is -2.24. The van der Waals surface area contributed by atoms with Gasteiger partial charge in [0.2, 0.25) is 0 Å². The summed E-state index contributed by atoms with van der Waals surface area (Å²) in [6, 6.07) is 2.55. The molecule has 0 aliphatic carbocycles. The van der Waals surface area contributed by atoms with Gasteiger partial charge in [0.1, 0.15) is 11.3 Å². The maximum atomic E-state index is 11.9. The van der Waals surface area contributed by atoms with Gasteiger partial charge in [0, 0.05) is 6.07 Å². The van der Waals surface area contributed by atoms with E-state index in [0.717, 1.165) is 6.07 Å². The summed E-state index contributed by atoms with van der Waals surface area (Å²) in [5, 5.41) is 10.8. The first-order valence-electron chi connectivity index (χ1n) is 5.39. The van der Waals surface area contributed by atoms with Crippen LogP contribution in [0.1, 0.15) is 36.7 Å². The van der Waals surface area contributed by atoms with Crippen molar-refractivity contribution in [2.45, 2.75) is 33.3 Å². The molecule has 1 aromatic carbocycles. The van der Waals surface area contributed by atoms with Crippen molar-refractivity contribution in [3.8, 4) is 0 Å². The predicted molar refractivity (Wildman–Crippen MR) is 67.4 cm³/mol. The Morgan fingerprint density at radius 2 is 1.94 bits per heavy atom. The SMILES string of the molecule is Cc1cc(N)c([N+](=O)[O-])cc1C(=O)OC(C)(C)C. The van der Waals surface area contributed by atoms with Gasteiger partial charge in [-0.05, 0) is 39.3 Å². The van der Waals surface area contributed by atoms with Crippen molar-refractivity contribution in [3.05, 3.63) is 33.4 Å². The van der Waals surface area contributed by atoms with Crippen LogP contribution in [0.25, 0.3) is 0 Å². The lowest BCUT2D eigenvalue weighted by atomic mass is 10.1. The number of ether oxygens (including phenoxy) is 1. The fourth-order valence-corrected chi connectivity index (χ4v) is 1.43. The van der Waals surface area contributed by atoms with E-state index in [-0.39, 0.29) is 16.9 Å². The minimum Gasteiger partial charge on any atom is -0.456 e. The summed E-state index contributed by atoms with van der Waals surface area (Å²) in [6.45, 7) is 6.84. The normalized spacial score (nSPS) is 11.1. The number of carbonyl (C=O) groups is 1. The van der Waals surface area contributed by atoms with Crippen LogP contribution in [0, 0.1) is 17.0 Å². The largest absolute Gasteiger partial charge is 0.456 e. The van der Waals surface area contributed by atoms with E-state index in [0.29, 0.717) is 5.56 Å². The number of nitrogens with zero attached hydrogens (tertiary/aromatic N) is 1. The number of nitro benzene ring substituents is 1. The lowest BCUT2D eigenvalue weighted by molar-refractivity contribution is -0.383. The Morgan fingerprint density at radius 1 is 1.39 bits per heavy atom. The van der Waals surface area contributed by atoms with E-state index in [1.807, 2.05) is 0 Å². The Morgan fingerprint density at radius 3 is 2.39 bits per heavy atom. The second kappa shape index (κ2) is 4.64. The Kier molecular flexibility index (Phi) is 3.59. The topological polar surface area (TPSA) is 95.5 Å². The fraction of sp³-hybridized carbons (Fsp3) is 0.417. The van der Waals surface area contributed by atoms with Crippen LogP contribution in [0.2, 0.25) is 0 Å². The highest BCUT2D eigenvalue weighted by atomic mass is 16.6. The molecule has 0 unspecified atom stereocenters. The first-order valence-corrected chi connectivity index (χ1v) is 5.39. The molecule has 2 N–H and O–H groups in total. The number of benzene rings is 1. The lowest BCUT2D eigenvalue weighted by Gasteiger charge is -2.20. The summed E-state index contributed by atoms with van der Waals surface area (Å²) >= 11 is 0. The van der Waals surface area contributed by atoms with Crippen LogP contribution in [-0.4, -0.2) is 16.5 Å². The molecule has 0 heterocycles. The monoisotopic (exact) mass is 252 g/mol. The van der Waals surface area contributed by atoms with E-state index in [1.165, 1.54) is 6.07 Å². The summed E-state index contributed by atoms with van der Waals surface area (Å²) in [4.78, 5) is 22.0. The van der Waals surface area contributed by atoms with Gasteiger partial charge in [-0.3, -0.25) is 10.1 Å². The van der Waals surface area contributed by atoms with Crippen molar-refractivity contribution in [3.63, 3.8) is 0 Å². The van der Waals surface area contributed by atoms with Gasteiger partial charge in [-0.25, -0.2) is 4.79 Å². The first kappa shape index (κ1) is 14.0. The van der Waals surface area contributed by atoms with Gasteiger partial charge >= 0.3 is 5.97 Å². The first-order chi connectivity index (χ1) is 8.11. The van der Waals surface area contributed by atoms with Crippen molar-refractivity contribution in [1.82, 2.24) is 0 Å². The molecule has 0 aliphatic heterocycles. The number of hydrogen-bond donors (Lipinski definition) is 1. The fourth-order valence-electron chi connectivity index (χ4n) is 1.43. The third-order valence-corrected chi connectivity index (χ3v) is 2.19. The molecule has 0 bridgehead atoms. The van der Waals surface area contributed by atoms with Gasteiger partial charge in [0.25, 0.3) is 5.69 Å². The summed E-state index contributed by atoms with van der Waals surface area (Å²) < 4.78 is 5.18. The van der Waals surface area contributed by atoms with Crippen molar-refractivity contribution in [1.29, 1.82) is 0 Å². The highest BCUT2D eigenvalue weighted by Crippen LogP contribution is 2.26. The average Bonchev–Trinajstić information content (AvgIpc) is 2.13. The Labute approximate surface area is 105 Å². The summed E-state index contributed by atoms with van der Waals surface area (Å²) in [5.74, 6) is -0.594. The molecule has 0 amide bonds. The molecule has 1 aromatic rings. The maximum Gasteiger partial charge on any atom is 0.339 e. The van der Waals surface area contributed by atoms with Crippen LogP contribution in [0.5, 0.6) is 0 Å². The van der Waals surface area contributed by atoms with Crippen LogP contribution < -0.4 is 5.73 Å². The zero-order valence-corrected chi connectivity index (χ0v) is 10.8. The molecule has 0 fully saturated rings. The standard InChI is InChI=1S/C12H16N2O4/c1-7-5-9(13)10(14(16)17)6-8(7)11(15)18-12(2,3)4/h5-6H,13H2,1-4H3. The molecule has 6 nitrogen and oxygen atoms in total. The number of hydrogen-bond acceptors (Lipinski definition) is 5. The van der Waals surface area contributed by atoms with Crippen LogP contribution in [-0.2, 0) is 4.74 Å². The van der Waals surface area contributed by atoms with Crippen molar-refractivity contribution < 1.29 is 14.5 Å². The minimum atomic E-state index is -0.653. The third kappa shape index (κ3) is 3.19. The zero-order valence-electron chi connectivity index (χ0n) is 10.8. The molecule has 1 rings (SSSR count). The van der Waals surface area contributed by atoms with Gasteiger partial charge in [-0.2, -0.15) is 0 Å². The maximum absolute atomic E-state index is 11.9. The summed E-state index contributed by atoms with van der Waals surface area (Å²) in [6.07, 6.45) is 0.